The largest absolute Gasteiger partial charge is 0.462 e. The predicted octanol–water partition coefficient (Wildman–Crippen LogP) is 1.24. The Labute approximate surface area is 124 Å². The van der Waals surface area contributed by atoms with Crippen molar-refractivity contribution in [2.45, 2.75) is 25.4 Å². The van der Waals surface area contributed by atoms with E-state index >= 15 is 0 Å². The molecule has 1 aliphatic heterocycles. The highest BCUT2D eigenvalue weighted by Crippen LogP contribution is 2.25. The van der Waals surface area contributed by atoms with E-state index < -0.39 is 11.6 Å². The van der Waals surface area contributed by atoms with Gasteiger partial charge >= 0.3 is 5.97 Å². The van der Waals surface area contributed by atoms with Gasteiger partial charge in [0.2, 0.25) is 0 Å². The summed E-state index contributed by atoms with van der Waals surface area (Å²) in [6, 6.07) is 3.39. The third-order valence-electron chi connectivity index (χ3n) is 3.60. The van der Waals surface area contributed by atoms with E-state index in [2.05, 4.69) is 4.98 Å². The molecule has 1 aliphatic rings. The molecule has 0 saturated carbocycles. The molecule has 0 atom stereocenters. The summed E-state index contributed by atoms with van der Waals surface area (Å²) in [7, 11) is 1.82. The summed E-state index contributed by atoms with van der Waals surface area (Å²) in [4.78, 5) is 18.0. The zero-order valence-corrected chi connectivity index (χ0v) is 12.5. The lowest BCUT2D eigenvalue weighted by molar-refractivity contribution is -0.0573. The van der Waals surface area contributed by atoms with Gasteiger partial charge in [0.15, 0.2) is 0 Å². The Bertz CT molecular complexity index is 486. The topological polar surface area (TPSA) is 71.9 Å². The van der Waals surface area contributed by atoms with Crippen LogP contribution in [-0.4, -0.2) is 55.1 Å². The average Bonchev–Trinajstić information content (AvgIpc) is 2.47. The van der Waals surface area contributed by atoms with Crippen molar-refractivity contribution in [2.24, 2.45) is 0 Å². The molecular formula is C15H22N2O4. The SMILES string of the molecule is CCOC(=O)c1cccnc1N(C)CC1(O)CCOCC1. The van der Waals surface area contributed by atoms with E-state index in [0.29, 0.717) is 50.6 Å². The molecule has 116 valence electrons. The molecule has 1 N–H and O–H groups in total. The number of hydrogen-bond acceptors (Lipinski definition) is 6. The third-order valence-corrected chi connectivity index (χ3v) is 3.60. The van der Waals surface area contributed by atoms with Gasteiger partial charge in [-0.3, -0.25) is 0 Å². The van der Waals surface area contributed by atoms with Gasteiger partial charge in [0.1, 0.15) is 11.4 Å². The molecule has 21 heavy (non-hydrogen) atoms. The van der Waals surface area contributed by atoms with Crippen molar-refractivity contribution < 1.29 is 19.4 Å². The monoisotopic (exact) mass is 294 g/mol. The number of rotatable bonds is 5. The molecule has 0 aromatic carbocycles. The number of nitrogens with zero attached hydrogens (tertiary/aromatic N) is 2. The fraction of sp³-hybridized carbons (Fsp3) is 0.600. The molecule has 1 fully saturated rings. The lowest BCUT2D eigenvalue weighted by Gasteiger charge is -2.36. The van der Waals surface area contributed by atoms with Gasteiger partial charge in [-0.25, -0.2) is 9.78 Å². The highest BCUT2D eigenvalue weighted by Gasteiger charge is 2.32. The summed E-state index contributed by atoms with van der Waals surface area (Å²) in [6.45, 7) is 3.59. The van der Waals surface area contributed by atoms with Crippen molar-refractivity contribution >= 4 is 11.8 Å². The highest BCUT2D eigenvalue weighted by atomic mass is 16.5. The van der Waals surface area contributed by atoms with E-state index in [4.69, 9.17) is 9.47 Å². The second-order valence-corrected chi connectivity index (χ2v) is 5.29. The summed E-state index contributed by atoms with van der Waals surface area (Å²) in [6.07, 6.45) is 2.79. The van der Waals surface area contributed by atoms with Gasteiger partial charge in [-0.1, -0.05) is 0 Å². The Hall–Kier alpha value is -1.66. The number of esters is 1. The molecule has 6 nitrogen and oxygen atoms in total. The maximum atomic E-state index is 12.0. The second-order valence-electron chi connectivity index (χ2n) is 5.29. The number of carbonyl (C=O) groups is 1. The fourth-order valence-corrected chi connectivity index (χ4v) is 2.50. The first kappa shape index (κ1) is 15.7. The second kappa shape index (κ2) is 6.87. The standard InChI is InChI=1S/C15H22N2O4/c1-3-21-14(18)12-5-4-8-16-13(12)17(2)11-15(19)6-9-20-10-7-15/h4-5,8,19H,3,6-7,9-11H2,1-2H3. The molecule has 0 radical (unpaired) electrons. The summed E-state index contributed by atoms with van der Waals surface area (Å²) in [5.41, 5.74) is -0.395. The highest BCUT2D eigenvalue weighted by molar-refractivity contribution is 5.94. The Kier molecular flexibility index (Phi) is 5.14. The minimum absolute atomic E-state index is 0.318. The molecule has 2 rings (SSSR count). The molecule has 0 amide bonds. The zero-order valence-electron chi connectivity index (χ0n) is 12.5. The number of aromatic nitrogens is 1. The number of anilines is 1. The molecule has 0 aliphatic carbocycles. The zero-order chi connectivity index (χ0) is 15.3. The molecule has 1 aromatic heterocycles. The van der Waals surface area contributed by atoms with Crippen LogP contribution in [0.3, 0.4) is 0 Å². The van der Waals surface area contributed by atoms with E-state index in [9.17, 15) is 9.90 Å². The van der Waals surface area contributed by atoms with Crippen molar-refractivity contribution in [3.8, 4) is 0 Å². The maximum Gasteiger partial charge on any atom is 0.341 e. The van der Waals surface area contributed by atoms with Gasteiger partial charge in [0.05, 0.1) is 12.2 Å². The van der Waals surface area contributed by atoms with Crippen molar-refractivity contribution in [1.82, 2.24) is 4.98 Å². The molecule has 0 bridgehead atoms. The van der Waals surface area contributed by atoms with Crippen LogP contribution in [0.5, 0.6) is 0 Å². The number of likely N-dealkylation sites (N-methyl/N-ethyl adjacent to an activating group) is 1. The van der Waals surface area contributed by atoms with E-state index in [-0.39, 0.29) is 0 Å². The van der Waals surface area contributed by atoms with Crippen LogP contribution in [-0.2, 0) is 9.47 Å². The van der Waals surface area contributed by atoms with Gasteiger partial charge in [0.25, 0.3) is 0 Å². The molecule has 1 aromatic rings. The van der Waals surface area contributed by atoms with Crippen LogP contribution in [0.2, 0.25) is 0 Å². The van der Waals surface area contributed by atoms with Gasteiger partial charge in [-0.05, 0) is 19.1 Å². The maximum absolute atomic E-state index is 12.0. The van der Waals surface area contributed by atoms with E-state index in [1.807, 2.05) is 7.05 Å². The van der Waals surface area contributed by atoms with Gasteiger partial charge in [0, 0.05) is 45.8 Å². The molecule has 0 unspecified atom stereocenters. The minimum atomic E-state index is -0.809. The first-order chi connectivity index (χ1) is 10.1. The van der Waals surface area contributed by atoms with E-state index in [1.165, 1.54) is 0 Å². The number of aliphatic hydroxyl groups is 1. The quantitative estimate of drug-likeness (QED) is 0.824. The van der Waals surface area contributed by atoms with Gasteiger partial charge in [-0.2, -0.15) is 0 Å². The Morgan fingerprint density at radius 1 is 1.52 bits per heavy atom. The van der Waals surface area contributed by atoms with Crippen molar-refractivity contribution in [2.75, 3.05) is 38.3 Å². The third kappa shape index (κ3) is 3.92. The van der Waals surface area contributed by atoms with Crippen molar-refractivity contribution in [3.05, 3.63) is 23.9 Å². The fourth-order valence-electron chi connectivity index (χ4n) is 2.50. The average molecular weight is 294 g/mol. The normalized spacial score (nSPS) is 17.3. The van der Waals surface area contributed by atoms with Crippen molar-refractivity contribution in [1.29, 1.82) is 0 Å². The van der Waals surface area contributed by atoms with Crippen LogP contribution in [0, 0.1) is 0 Å². The Balaban J connectivity index is 2.15. The number of hydrogen-bond donors (Lipinski definition) is 1. The summed E-state index contributed by atoms with van der Waals surface area (Å²) >= 11 is 0. The molecule has 2 heterocycles. The Morgan fingerprint density at radius 2 is 2.24 bits per heavy atom. The first-order valence-electron chi connectivity index (χ1n) is 7.19. The minimum Gasteiger partial charge on any atom is -0.462 e. The van der Waals surface area contributed by atoms with Gasteiger partial charge in [-0.15, -0.1) is 0 Å². The van der Waals surface area contributed by atoms with Crippen LogP contribution >= 0.6 is 0 Å². The van der Waals surface area contributed by atoms with Crippen LogP contribution < -0.4 is 4.90 Å². The van der Waals surface area contributed by atoms with Crippen LogP contribution in [0.1, 0.15) is 30.1 Å². The van der Waals surface area contributed by atoms with Crippen molar-refractivity contribution in [3.63, 3.8) is 0 Å². The number of pyridine rings is 1. The summed E-state index contributed by atoms with van der Waals surface area (Å²) in [5.74, 6) is 0.127. The van der Waals surface area contributed by atoms with E-state index in [1.54, 1.807) is 30.2 Å². The lowest BCUT2D eigenvalue weighted by Crippen LogP contribution is -2.46. The van der Waals surface area contributed by atoms with Crippen LogP contribution in [0.25, 0.3) is 0 Å². The van der Waals surface area contributed by atoms with E-state index in [0.717, 1.165) is 0 Å². The summed E-state index contributed by atoms with van der Waals surface area (Å²) < 4.78 is 10.3. The summed E-state index contributed by atoms with van der Waals surface area (Å²) in [5, 5.41) is 10.6. The number of carbonyl (C=O) groups excluding carboxylic acids is 1. The molecule has 0 spiro atoms. The smallest absolute Gasteiger partial charge is 0.341 e. The van der Waals surface area contributed by atoms with Crippen LogP contribution in [0.15, 0.2) is 18.3 Å². The first-order valence-corrected chi connectivity index (χ1v) is 7.19. The lowest BCUT2D eigenvalue weighted by atomic mass is 9.94. The van der Waals surface area contributed by atoms with Gasteiger partial charge < -0.3 is 19.5 Å². The number of ether oxygens (including phenoxy) is 2. The molecular weight excluding hydrogens is 272 g/mol. The predicted molar refractivity (Wildman–Crippen MR) is 78.5 cm³/mol. The van der Waals surface area contributed by atoms with Crippen LogP contribution in [0.4, 0.5) is 5.82 Å². The molecule has 6 heteroatoms. The Morgan fingerprint density at radius 3 is 2.90 bits per heavy atom. The molecule has 1 saturated heterocycles.